The highest BCUT2D eigenvalue weighted by Gasteiger charge is 2.14. The molecule has 0 atom stereocenters. The zero-order valence-corrected chi connectivity index (χ0v) is 17.6. The van der Waals surface area contributed by atoms with Crippen LogP contribution in [0.3, 0.4) is 0 Å². The molecule has 0 saturated carbocycles. The van der Waals surface area contributed by atoms with E-state index in [1.807, 2.05) is 13.0 Å². The average molecular weight is 396 g/mol. The van der Waals surface area contributed by atoms with Crippen LogP contribution in [0.15, 0.2) is 28.3 Å². The van der Waals surface area contributed by atoms with Crippen molar-refractivity contribution in [1.82, 2.24) is 4.57 Å². The normalized spacial score (nSPS) is 12.5. The Balaban J connectivity index is 2.62. The zero-order chi connectivity index (χ0) is 19.1. The second-order valence-electron chi connectivity index (χ2n) is 5.82. The largest absolute Gasteiger partial charge is 0.496 e. The van der Waals surface area contributed by atoms with Crippen LogP contribution in [0, 0.1) is 13.8 Å². The molecular formula is C19H26ClN3O2S. The molecule has 1 aromatic heterocycles. The number of ether oxygens (including phenoxy) is 1. The van der Waals surface area contributed by atoms with Crippen LogP contribution in [0.5, 0.6) is 5.75 Å². The molecule has 0 radical (unpaired) electrons. The van der Waals surface area contributed by atoms with Crippen LogP contribution in [0.4, 0.5) is 0 Å². The van der Waals surface area contributed by atoms with Gasteiger partial charge in [-0.25, -0.2) is 0 Å². The fourth-order valence-corrected chi connectivity index (χ4v) is 3.64. The van der Waals surface area contributed by atoms with E-state index in [-0.39, 0.29) is 0 Å². The van der Waals surface area contributed by atoms with Gasteiger partial charge in [0.05, 0.1) is 12.7 Å². The maximum Gasteiger partial charge on any atom is 0.205 e. The Bertz CT molecular complexity index is 840. The lowest BCUT2D eigenvalue weighted by atomic mass is 10.2. The number of hydrogen-bond donors (Lipinski definition) is 0. The van der Waals surface area contributed by atoms with Crippen molar-refractivity contribution >= 4 is 28.8 Å². The van der Waals surface area contributed by atoms with Gasteiger partial charge in [-0.3, -0.25) is 0 Å². The summed E-state index contributed by atoms with van der Waals surface area (Å²) in [6.45, 7) is 9.70. The predicted octanol–water partition coefficient (Wildman–Crippen LogP) is 4.93. The molecule has 0 aliphatic carbocycles. The molecule has 5 nitrogen and oxygen atoms in total. The number of halogens is 1. The third kappa shape index (κ3) is 4.89. The molecule has 0 aliphatic heterocycles. The van der Waals surface area contributed by atoms with E-state index in [0.29, 0.717) is 28.8 Å². The van der Waals surface area contributed by atoms with Gasteiger partial charge in [0.1, 0.15) is 12.4 Å². The van der Waals surface area contributed by atoms with Gasteiger partial charge in [0.2, 0.25) is 5.84 Å². The fraction of sp³-hybridized carbons (Fsp3) is 0.474. The molecule has 0 bridgehead atoms. The number of amidine groups is 1. The molecule has 0 saturated heterocycles. The number of oxime groups is 1. The lowest BCUT2D eigenvalue weighted by Gasteiger charge is -2.09. The average Bonchev–Trinajstić information content (AvgIpc) is 2.90. The number of unbranched alkanes of at least 4 members (excludes halogenated alkanes) is 1. The van der Waals surface area contributed by atoms with Crippen molar-refractivity contribution in [3.8, 4) is 5.75 Å². The topological polar surface area (TPSA) is 48.1 Å². The van der Waals surface area contributed by atoms with E-state index in [9.17, 15) is 0 Å². The molecule has 0 unspecified atom stereocenters. The van der Waals surface area contributed by atoms with Crippen molar-refractivity contribution < 1.29 is 9.57 Å². The van der Waals surface area contributed by atoms with E-state index in [1.54, 1.807) is 30.6 Å². The summed E-state index contributed by atoms with van der Waals surface area (Å²) in [6.07, 6.45) is 2.23. The monoisotopic (exact) mass is 395 g/mol. The lowest BCUT2D eigenvalue weighted by Crippen LogP contribution is -2.19. The molecule has 0 N–H and O–H groups in total. The number of methoxy groups -OCH3 is 1. The van der Waals surface area contributed by atoms with E-state index < -0.39 is 0 Å². The number of aromatic nitrogens is 1. The molecule has 0 spiro atoms. The highest BCUT2D eigenvalue weighted by atomic mass is 35.5. The van der Waals surface area contributed by atoms with E-state index in [0.717, 1.165) is 24.2 Å². The molecule has 2 aromatic rings. The van der Waals surface area contributed by atoms with Crippen molar-refractivity contribution in [2.24, 2.45) is 10.1 Å². The molecule has 0 aliphatic rings. The van der Waals surface area contributed by atoms with E-state index in [2.05, 4.69) is 30.5 Å². The minimum Gasteiger partial charge on any atom is -0.496 e. The van der Waals surface area contributed by atoms with Gasteiger partial charge in [-0.1, -0.05) is 30.1 Å². The van der Waals surface area contributed by atoms with Crippen LogP contribution in [-0.4, -0.2) is 24.1 Å². The van der Waals surface area contributed by atoms with Gasteiger partial charge >= 0.3 is 0 Å². The molecular weight excluding hydrogens is 370 g/mol. The Morgan fingerprint density at radius 1 is 1.27 bits per heavy atom. The van der Waals surface area contributed by atoms with E-state index in [4.69, 9.17) is 26.2 Å². The minimum atomic E-state index is 0.456. The summed E-state index contributed by atoms with van der Waals surface area (Å²) in [5.74, 6) is 1.11. The predicted molar refractivity (Wildman–Crippen MR) is 108 cm³/mol. The Labute approximate surface area is 163 Å². The number of thiazole rings is 1. The van der Waals surface area contributed by atoms with Gasteiger partial charge in [0.15, 0.2) is 4.80 Å². The first kappa shape index (κ1) is 20.5. The van der Waals surface area contributed by atoms with Crippen LogP contribution in [0.25, 0.3) is 0 Å². The minimum absolute atomic E-state index is 0.456. The van der Waals surface area contributed by atoms with Gasteiger partial charge in [-0.2, -0.15) is 4.99 Å². The maximum atomic E-state index is 6.19. The summed E-state index contributed by atoms with van der Waals surface area (Å²) in [4.78, 5) is 12.3. The van der Waals surface area contributed by atoms with Crippen LogP contribution in [0.2, 0.25) is 5.02 Å². The van der Waals surface area contributed by atoms with Gasteiger partial charge in [-0.05, 0) is 45.4 Å². The van der Waals surface area contributed by atoms with Crippen molar-refractivity contribution in [2.45, 2.75) is 47.1 Å². The Hall–Kier alpha value is -1.79. The number of nitrogens with zero attached hydrogens (tertiary/aromatic N) is 3. The summed E-state index contributed by atoms with van der Waals surface area (Å²) in [5.41, 5.74) is 1.94. The zero-order valence-electron chi connectivity index (χ0n) is 16.0. The number of aryl methyl sites for hydroxylation is 1. The molecule has 1 heterocycles. The number of hydrogen-bond acceptors (Lipinski definition) is 4. The number of rotatable bonds is 7. The Morgan fingerprint density at radius 3 is 2.69 bits per heavy atom. The molecule has 142 valence electrons. The van der Waals surface area contributed by atoms with Crippen molar-refractivity contribution in [1.29, 1.82) is 0 Å². The van der Waals surface area contributed by atoms with Gasteiger partial charge in [0.25, 0.3) is 0 Å². The van der Waals surface area contributed by atoms with Gasteiger partial charge in [-0.15, -0.1) is 11.3 Å². The van der Waals surface area contributed by atoms with Crippen molar-refractivity contribution in [2.75, 3.05) is 13.7 Å². The third-order valence-electron chi connectivity index (χ3n) is 4.01. The first-order valence-corrected chi connectivity index (χ1v) is 9.96. The van der Waals surface area contributed by atoms with E-state index >= 15 is 0 Å². The highest BCUT2D eigenvalue weighted by molar-refractivity contribution is 7.09. The molecule has 1 aromatic carbocycles. The lowest BCUT2D eigenvalue weighted by molar-refractivity contribution is 0.158. The molecule has 0 fully saturated rings. The molecule has 0 amide bonds. The summed E-state index contributed by atoms with van der Waals surface area (Å²) in [7, 11) is 1.62. The van der Waals surface area contributed by atoms with Crippen molar-refractivity contribution in [3.63, 3.8) is 0 Å². The Morgan fingerprint density at radius 2 is 2.04 bits per heavy atom. The first-order valence-electron chi connectivity index (χ1n) is 8.77. The molecule has 26 heavy (non-hydrogen) atoms. The maximum absolute atomic E-state index is 6.19. The summed E-state index contributed by atoms with van der Waals surface area (Å²) in [5, 5.41) is 4.82. The second kappa shape index (κ2) is 9.78. The quantitative estimate of drug-likeness (QED) is 0.379. The smallest absolute Gasteiger partial charge is 0.205 e. The van der Waals surface area contributed by atoms with Crippen LogP contribution >= 0.6 is 22.9 Å². The van der Waals surface area contributed by atoms with Crippen LogP contribution < -0.4 is 9.54 Å². The first-order chi connectivity index (χ1) is 12.5. The van der Waals surface area contributed by atoms with Crippen molar-refractivity contribution in [3.05, 3.63) is 44.2 Å². The molecule has 2 rings (SSSR count). The van der Waals surface area contributed by atoms with Gasteiger partial charge in [0, 0.05) is 22.1 Å². The highest BCUT2D eigenvalue weighted by Crippen LogP contribution is 2.24. The fourth-order valence-electron chi connectivity index (χ4n) is 2.46. The number of benzene rings is 1. The summed E-state index contributed by atoms with van der Waals surface area (Å²) in [6, 6.07) is 5.39. The van der Waals surface area contributed by atoms with Gasteiger partial charge < -0.3 is 14.1 Å². The third-order valence-corrected chi connectivity index (χ3v) is 5.34. The summed E-state index contributed by atoms with van der Waals surface area (Å²) >= 11 is 7.84. The Kier molecular flexibility index (Phi) is 7.72. The SMILES string of the molecule is CCCCn1c(C)c(C)sc1=NC(=NOCC)c1cc(Cl)ccc1OC. The standard InChI is InChI=1S/C19H26ClN3O2S/c1-6-8-11-23-13(3)14(4)26-19(23)21-18(22-25-7-2)16-12-15(20)9-10-17(16)24-5/h9-10,12H,6-8,11H2,1-5H3. The molecule has 7 heteroatoms. The van der Waals surface area contributed by atoms with Crippen LogP contribution in [0.1, 0.15) is 42.8 Å². The van der Waals surface area contributed by atoms with E-state index in [1.165, 1.54) is 10.6 Å². The summed E-state index contributed by atoms with van der Waals surface area (Å²) < 4.78 is 7.70. The van der Waals surface area contributed by atoms with Crippen LogP contribution in [-0.2, 0) is 11.4 Å². The second-order valence-corrected chi connectivity index (χ2v) is 7.44.